The van der Waals surface area contributed by atoms with Crippen LogP contribution >= 0.6 is 0 Å². The molecule has 1 saturated heterocycles. The molecule has 3 heterocycles. The summed E-state index contributed by atoms with van der Waals surface area (Å²) in [5, 5.41) is 0. The molecule has 2 aromatic rings. The van der Waals surface area contributed by atoms with E-state index >= 15 is 0 Å². The summed E-state index contributed by atoms with van der Waals surface area (Å²) in [6.07, 6.45) is 7.28. The maximum atomic E-state index is 13.0. The fraction of sp³-hybridized carbons (Fsp3) is 0.500. The van der Waals surface area contributed by atoms with Gasteiger partial charge >= 0.3 is 0 Å². The van der Waals surface area contributed by atoms with Crippen LogP contribution in [-0.2, 0) is 12.8 Å². The third kappa shape index (κ3) is 4.00. The summed E-state index contributed by atoms with van der Waals surface area (Å²) in [7, 11) is 1.84. The largest absolute Gasteiger partial charge is 0.341 e. The van der Waals surface area contributed by atoms with Gasteiger partial charge in [0.2, 0.25) is 5.95 Å². The molecule has 3 rings (SSSR count). The summed E-state index contributed by atoms with van der Waals surface area (Å²) in [6.45, 7) is 6.07. The van der Waals surface area contributed by atoms with E-state index < -0.39 is 0 Å². The molecule has 1 unspecified atom stereocenters. The van der Waals surface area contributed by atoms with E-state index in [9.17, 15) is 4.79 Å². The van der Waals surface area contributed by atoms with E-state index in [1.807, 2.05) is 39.1 Å². The average molecular weight is 353 g/mol. The molecule has 0 saturated carbocycles. The number of amides is 1. The second-order valence-electron chi connectivity index (χ2n) is 6.87. The monoisotopic (exact) mass is 353 g/mol. The van der Waals surface area contributed by atoms with Crippen molar-refractivity contribution >= 4 is 11.9 Å². The molecule has 26 heavy (non-hydrogen) atoms. The Kier molecular flexibility index (Phi) is 5.81. The van der Waals surface area contributed by atoms with Crippen LogP contribution in [-0.4, -0.2) is 51.9 Å². The van der Waals surface area contributed by atoms with E-state index in [1.54, 1.807) is 17.3 Å². The zero-order valence-corrected chi connectivity index (χ0v) is 15.9. The molecule has 0 bridgehead atoms. The van der Waals surface area contributed by atoms with Gasteiger partial charge < -0.3 is 9.80 Å². The van der Waals surface area contributed by atoms with Crippen molar-refractivity contribution in [3.8, 4) is 0 Å². The highest BCUT2D eigenvalue weighted by molar-refractivity contribution is 5.95. The van der Waals surface area contributed by atoms with Crippen LogP contribution in [0.5, 0.6) is 0 Å². The summed E-state index contributed by atoms with van der Waals surface area (Å²) >= 11 is 0. The summed E-state index contributed by atoms with van der Waals surface area (Å²) in [6, 6.07) is 5.90. The molecule has 6 nitrogen and oxygen atoms in total. The van der Waals surface area contributed by atoms with E-state index in [1.165, 1.54) is 12.8 Å². The molecular formula is C20H27N5O. The Balaban J connectivity index is 1.75. The molecule has 1 amide bonds. The van der Waals surface area contributed by atoms with Gasteiger partial charge in [0.15, 0.2) is 0 Å². The lowest BCUT2D eigenvalue weighted by molar-refractivity contribution is 0.0741. The number of rotatable bonds is 6. The number of pyridine rings is 1. The first-order chi connectivity index (χ1) is 12.6. The van der Waals surface area contributed by atoms with Gasteiger partial charge in [-0.2, -0.15) is 0 Å². The Labute approximate surface area is 155 Å². The first kappa shape index (κ1) is 18.3. The molecule has 0 radical (unpaired) electrons. The number of nitrogens with zero attached hydrogens (tertiary/aromatic N) is 5. The van der Waals surface area contributed by atoms with E-state index in [2.05, 4.69) is 19.9 Å². The zero-order chi connectivity index (χ0) is 18.5. The Morgan fingerprint density at radius 2 is 2.04 bits per heavy atom. The molecule has 1 atom stereocenters. The van der Waals surface area contributed by atoms with Crippen LogP contribution in [0.4, 0.5) is 5.95 Å². The molecule has 0 N–H and O–H groups in total. The van der Waals surface area contributed by atoms with Gasteiger partial charge in [-0.05, 0) is 38.3 Å². The van der Waals surface area contributed by atoms with Crippen molar-refractivity contribution in [1.29, 1.82) is 0 Å². The van der Waals surface area contributed by atoms with Crippen molar-refractivity contribution in [2.24, 2.45) is 0 Å². The summed E-state index contributed by atoms with van der Waals surface area (Å²) in [4.78, 5) is 30.5. The van der Waals surface area contributed by atoms with Gasteiger partial charge in [-0.15, -0.1) is 0 Å². The quantitative estimate of drug-likeness (QED) is 0.799. The van der Waals surface area contributed by atoms with Gasteiger partial charge in [-0.25, -0.2) is 9.97 Å². The van der Waals surface area contributed by atoms with Crippen molar-refractivity contribution in [3.63, 3.8) is 0 Å². The first-order valence-electron chi connectivity index (χ1n) is 9.38. The van der Waals surface area contributed by atoms with Gasteiger partial charge in [0, 0.05) is 50.7 Å². The van der Waals surface area contributed by atoms with Crippen LogP contribution in [0.15, 0.2) is 30.6 Å². The normalized spacial score (nSPS) is 15.1. The summed E-state index contributed by atoms with van der Waals surface area (Å²) < 4.78 is 0. The third-order valence-corrected chi connectivity index (χ3v) is 5.02. The summed E-state index contributed by atoms with van der Waals surface area (Å²) in [5.41, 5.74) is 2.41. The van der Waals surface area contributed by atoms with Gasteiger partial charge in [0.1, 0.15) is 0 Å². The average Bonchev–Trinajstić information content (AvgIpc) is 3.22. The maximum absolute atomic E-state index is 13.0. The van der Waals surface area contributed by atoms with Crippen LogP contribution < -0.4 is 4.90 Å². The molecule has 1 fully saturated rings. The van der Waals surface area contributed by atoms with Crippen molar-refractivity contribution in [2.45, 2.75) is 45.6 Å². The Morgan fingerprint density at radius 3 is 2.69 bits per heavy atom. The number of carbonyl (C=O) groups is 1. The topological polar surface area (TPSA) is 62.2 Å². The minimum atomic E-state index is -0.0294. The van der Waals surface area contributed by atoms with Crippen molar-refractivity contribution in [1.82, 2.24) is 19.9 Å². The lowest BCUT2D eigenvalue weighted by Gasteiger charge is -2.26. The standard InChI is InChI=1S/C20H27N5O/c1-4-18-17(14-22-20(23-18)25-11-7-8-12-25)19(26)24(3)15(2)13-16-9-5-6-10-21-16/h5-6,9-10,14-15H,4,7-8,11-13H2,1-3H3. The van der Waals surface area contributed by atoms with E-state index in [0.29, 0.717) is 12.0 Å². The molecule has 0 aliphatic carbocycles. The highest BCUT2D eigenvalue weighted by Crippen LogP contribution is 2.19. The van der Waals surface area contributed by atoms with E-state index in [0.717, 1.165) is 36.8 Å². The van der Waals surface area contributed by atoms with Crippen molar-refractivity contribution in [3.05, 3.63) is 47.5 Å². The maximum Gasteiger partial charge on any atom is 0.257 e. The molecule has 2 aromatic heterocycles. The van der Waals surface area contributed by atoms with Crippen LogP contribution in [0.2, 0.25) is 0 Å². The number of hydrogen-bond donors (Lipinski definition) is 0. The fourth-order valence-electron chi connectivity index (χ4n) is 3.27. The number of carbonyl (C=O) groups excluding carboxylic acids is 1. The van der Waals surface area contributed by atoms with Crippen LogP contribution in [0.3, 0.4) is 0 Å². The second kappa shape index (κ2) is 8.25. The SMILES string of the molecule is CCc1nc(N2CCCC2)ncc1C(=O)N(C)C(C)Cc1ccccn1. The smallest absolute Gasteiger partial charge is 0.257 e. The molecule has 6 heteroatoms. The van der Waals surface area contributed by atoms with Gasteiger partial charge in [0.25, 0.3) is 5.91 Å². The zero-order valence-electron chi connectivity index (χ0n) is 15.9. The number of hydrogen-bond acceptors (Lipinski definition) is 5. The Hall–Kier alpha value is -2.50. The molecule has 0 aromatic carbocycles. The number of aromatic nitrogens is 3. The second-order valence-corrected chi connectivity index (χ2v) is 6.87. The van der Waals surface area contributed by atoms with Crippen LogP contribution in [0, 0.1) is 0 Å². The van der Waals surface area contributed by atoms with Crippen LogP contribution in [0.1, 0.15) is 48.4 Å². The van der Waals surface area contributed by atoms with Gasteiger partial charge in [-0.3, -0.25) is 9.78 Å². The fourth-order valence-corrected chi connectivity index (χ4v) is 3.27. The van der Waals surface area contributed by atoms with Gasteiger partial charge in [0.05, 0.1) is 11.3 Å². The van der Waals surface area contributed by atoms with Crippen LogP contribution in [0.25, 0.3) is 0 Å². The van der Waals surface area contributed by atoms with Crippen molar-refractivity contribution in [2.75, 3.05) is 25.0 Å². The highest BCUT2D eigenvalue weighted by atomic mass is 16.2. The molecule has 138 valence electrons. The predicted octanol–water partition coefficient (Wildman–Crippen LogP) is 2.74. The minimum Gasteiger partial charge on any atom is -0.341 e. The minimum absolute atomic E-state index is 0.0294. The third-order valence-electron chi connectivity index (χ3n) is 5.02. The highest BCUT2D eigenvalue weighted by Gasteiger charge is 2.23. The summed E-state index contributed by atoms with van der Waals surface area (Å²) in [5.74, 6) is 0.721. The first-order valence-corrected chi connectivity index (χ1v) is 9.38. The van der Waals surface area contributed by atoms with E-state index in [-0.39, 0.29) is 11.9 Å². The lowest BCUT2D eigenvalue weighted by atomic mass is 10.1. The Bertz CT molecular complexity index is 743. The number of likely N-dealkylation sites (N-methyl/N-ethyl adjacent to an activating group) is 1. The lowest BCUT2D eigenvalue weighted by Crippen LogP contribution is -2.37. The molecule has 1 aliphatic heterocycles. The molecular weight excluding hydrogens is 326 g/mol. The Morgan fingerprint density at radius 1 is 1.27 bits per heavy atom. The number of anilines is 1. The van der Waals surface area contributed by atoms with Crippen molar-refractivity contribution < 1.29 is 4.79 Å². The predicted molar refractivity (Wildman–Crippen MR) is 102 cm³/mol. The number of aryl methyl sites for hydroxylation is 1. The molecule has 0 spiro atoms. The van der Waals surface area contributed by atoms with E-state index in [4.69, 9.17) is 0 Å². The van der Waals surface area contributed by atoms with Gasteiger partial charge in [-0.1, -0.05) is 13.0 Å². The molecule has 1 aliphatic rings.